The normalized spacial score (nSPS) is 5.65. The van der Waals surface area contributed by atoms with Crippen molar-refractivity contribution < 1.29 is 0 Å². The minimum absolute atomic E-state index is 1.25. The van der Waals surface area contributed by atoms with Crippen LogP contribution in [0, 0.1) is 0 Å². The molecule has 0 aromatic heterocycles. The summed E-state index contributed by atoms with van der Waals surface area (Å²) in [5.41, 5.74) is 4.50. The molecule has 0 saturated carbocycles. The quantitative estimate of drug-likeness (QED) is 0.683. The molecule has 0 aliphatic rings. The lowest BCUT2D eigenvalue weighted by molar-refractivity contribution is 0.886. The van der Waals surface area contributed by atoms with Crippen LogP contribution in [0.1, 0.15) is 81.1 Å². The van der Waals surface area contributed by atoms with Gasteiger partial charge in [0.1, 0.15) is 0 Å². The Kier molecular flexibility index (Phi) is 310. The van der Waals surface area contributed by atoms with Gasteiger partial charge in [-0.15, -0.1) is 0 Å². The Morgan fingerprint density at radius 1 is 0.647 bits per heavy atom. The van der Waals surface area contributed by atoms with E-state index in [4.69, 9.17) is 0 Å². The predicted octanol–water partition coefficient (Wildman–Crippen LogP) is 5.08. The Hall–Kier alpha value is -0.0800. The van der Waals surface area contributed by atoms with E-state index in [0.29, 0.717) is 0 Å². The summed E-state index contributed by atoms with van der Waals surface area (Å²) in [7, 11) is 5.25. The van der Waals surface area contributed by atoms with Crippen molar-refractivity contribution in [3.63, 3.8) is 0 Å². The molecule has 2 nitrogen and oxygen atoms in total. The summed E-state index contributed by atoms with van der Waals surface area (Å²) in [6, 6.07) is 0. The molecule has 17 heavy (non-hydrogen) atoms. The van der Waals surface area contributed by atoms with Crippen molar-refractivity contribution >= 4 is 0 Å². The van der Waals surface area contributed by atoms with Crippen LogP contribution in [0.15, 0.2) is 0 Å². The lowest BCUT2D eigenvalue weighted by Crippen LogP contribution is -1.89. The SMILES string of the molecule is CC.CCC.CCC.CCCC.CN.CNC. The Balaban J connectivity index is -0.0000000218. The molecule has 0 spiro atoms. The summed E-state index contributed by atoms with van der Waals surface area (Å²) in [6.07, 6.45) is 5.14. The molecule has 0 bridgehead atoms. The van der Waals surface area contributed by atoms with Crippen molar-refractivity contribution in [3.8, 4) is 0 Å². The zero-order valence-corrected chi connectivity index (χ0v) is 14.9. The lowest BCUT2D eigenvalue weighted by atomic mass is 10.4. The van der Waals surface area contributed by atoms with Crippen molar-refractivity contribution in [3.05, 3.63) is 0 Å². The van der Waals surface area contributed by atoms with Gasteiger partial charge in [0.2, 0.25) is 0 Å². The molecule has 0 unspecified atom stereocenters. The minimum Gasteiger partial charge on any atom is -0.333 e. The standard InChI is InChI=1S/C4H10.2C3H8.C2H7N.C2H6.CH5N/c1-3-4-2;3*1-3-2;2*1-2/h3-4H2,1-2H3;2*3H2,1-2H3;3H,1-2H3;1-2H3;2H2,1H3. The smallest absolute Gasteiger partial charge is 0.0167 e. The molecule has 114 valence electrons. The largest absolute Gasteiger partial charge is 0.333 e. The fourth-order valence-electron chi connectivity index (χ4n) is 0. The fraction of sp³-hybridized carbons (Fsp3) is 1.00. The molecular weight excluding hydrogens is 208 g/mol. The average molecular weight is 253 g/mol. The fourth-order valence-corrected chi connectivity index (χ4v) is 0. The number of nitrogens with one attached hydrogen (secondary N) is 1. The van der Waals surface area contributed by atoms with Crippen LogP contribution in [0.25, 0.3) is 0 Å². The molecule has 0 aliphatic heterocycles. The van der Waals surface area contributed by atoms with Crippen LogP contribution >= 0.6 is 0 Å². The van der Waals surface area contributed by atoms with E-state index >= 15 is 0 Å². The first-order valence-corrected chi connectivity index (χ1v) is 7.32. The summed E-state index contributed by atoms with van der Waals surface area (Å²) >= 11 is 0. The van der Waals surface area contributed by atoms with Gasteiger partial charge in [-0.05, 0) is 21.1 Å². The zero-order valence-electron chi connectivity index (χ0n) is 14.9. The van der Waals surface area contributed by atoms with Crippen LogP contribution in [-0.4, -0.2) is 21.1 Å². The average Bonchev–Trinajstić information content (AvgIpc) is 2.37. The predicted molar refractivity (Wildman–Crippen MR) is 89.0 cm³/mol. The maximum atomic E-state index is 4.50. The molecule has 2 heteroatoms. The molecule has 0 atom stereocenters. The zero-order chi connectivity index (χ0) is 15.5. The van der Waals surface area contributed by atoms with Gasteiger partial charge in [0, 0.05) is 0 Å². The third-order valence-corrected chi connectivity index (χ3v) is 0.500. The van der Waals surface area contributed by atoms with E-state index < -0.39 is 0 Å². The first-order valence-electron chi connectivity index (χ1n) is 7.32. The topological polar surface area (TPSA) is 38.0 Å². The highest BCUT2D eigenvalue weighted by Crippen LogP contribution is 1.76. The van der Waals surface area contributed by atoms with Crippen molar-refractivity contribution in [2.75, 3.05) is 21.1 Å². The molecule has 3 N–H and O–H groups in total. The van der Waals surface area contributed by atoms with Crippen LogP contribution in [-0.2, 0) is 0 Å². The number of hydrogen-bond donors (Lipinski definition) is 2. The summed E-state index contributed by atoms with van der Waals surface area (Å²) < 4.78 is 0. The van der Waals surface area contributed by atoms with Crippen LogP contribution in [0.2, 0.25) is 0 Å². The monoisotopic (exact) mass is 252 g/mol. The number of nitrogens with two attached hydrogens (primary N) is 1. The maximum absolute atomic E-state index is 4.50. The van der Waals surface area contributed by atoms with Gasteiger partial charge in [-0.3, -0.25) is 0 Å². The van der Waals surface area contributed by atoms with E-state index in [9.17, 15) is 0 Å². The van der Waals surface area contributed by atoms with Gasteiger partial charge in [0.15, 0.2) is 0 Å². The molecule has 0 aliphatic carbocycles. The number of unbranched alkanes of at least 4 members (excludes halogenated alkanes) is 1. The van der Waals surface area contributed by atoms with Crippen molar-refractivity contribution in [2.24, 2.45) is 5.73 Å². The summed E-state index contributed by atoms with van der Waals surface area (Å²) in [5, 5.41) is 2.75. The highest BCUT2D eigenvalue weighted by molar-refractivity contribution is 4.12. The van der Waals surface area contributed by atoms with Crippen molar-refractivity contribution in [1.82, 2.24) is 5.32 Å². The first-order chi connectivity index (χ1) is 8.16. The molecule has 0 saturated heterocycles. The van der Waals surface area contributed by atoms with Gasteiger partial charge in [-0.1, -0.05) is 81.1 Å². The summed E-state index contributed by atoms with van der Waals surface area (Å²) in [5.74, 6) is 0. The van der Waals surface area contributed by atoms with E-state index in [1.807, 2.05) is 27.9 Å². The Morgan fingerprint density at radius 3 is 0.706 bits per heavy atom. The highest BCUT2D eigenvalue weighted by Gasteiger charge is 1.56. The maximum Gasteiger partial charge on any atom is -0.0167 e. The Labute approximate surface area is 114 Å². The van der Waals surface area contributed by atoms with Gasteiger partial charge in [0.05, 0.1) is 0 Å². The molecule has 0 fully saturated rings. The Morgan fingerprint density at radius 2 is 0.706 bits per heavy atom. The van der Waals surface area contributed by atoms with Gasteiger partial charge in [0.25, 0.3) is 0 Å². The van der Waals surface area contributed by atoms with Crippen LogP contribution in [0.4, 0.5) is 0 Å². The third kappa shape index (κ3) is 3640. The van der Waals surface area contributed by atoms with E-state index in [1.165, 1.54) is 32.7 Å². The van der Waals surface area contributed by atoms with Crippen molar-refractivity contribution in [2.45, 2.75) is 81.1 Å². The Bertz CT molecular complexity index is 25.3. The summed E-state index contributed by atoms with van der Waals surface area (Å²) in [4.78, 5) is 0. The molecule has 0 aromatic carbocycles. The molecule has 0 heterocycles. The van der Waals surface area contributed by atoms with Crippen molar-refractivity contribution in [1.29, 1.82) is 0 Å². The van der Waals surface area contributed by atoms with Gasteiger partial charge in [-0.2, -0.15) is 0 Å². The van der Waals surface area contributed by atoms with Crippen LogP contribution in [0.3, 0.4) is 0 Å². The first kappa shape index (κ1) is 36.0. The van der Waals surface area contributed by atoms with Crippen LogP contribution < -0.4 is 11.1 Å². The highest BCUT2D eigenvalue weighted by atomic mass is 14.7. The van der Waals surface area contributed by atoms with Crippen LogP contribution in [0.5, 0.6) is 0 Å². The van der Waals surface area contributed by atoms with E-state index in [2.05, 4.69) is 52.6 Å². The second kappa shape index (κ2) is 146. The molecule has 0 rings (SSSR count). The van der Waals surface area contributed by atoms with Gasteiger partial charge >= 0.3 is 0 Å². The lowest BCUT2D eigenvalue weighted by Gasteiger charge is -1.68. The molecule has 0 aromatic rings. The number of rotatable bonds is 1. The third-order valence-electron chi connectivity index (χ3n) is 0.500. The van der Waals surface area contributed by atoms with E-state index in [-0.39, 0.29) is 0 Å². The summed E-state index contributed by atoms with van der Waals surface area (Å²) in [6.45, 7) is 16.9. The second-order valence-corrected chi connectivity index (χ2v) is 2.91. The molecule has 0 amide bonds. The van der Waals surface area contributed by atoms with E-state index in [1.54, 1.807) is 0 Å². The molecular formula is C15H44N2. The molecule has 0 radical (unpaired) electrons. The minimum atomic E-state index is 1.25. The van der Waals surface area contributed by atoms with E-state index in [0.717, 1.165) is 0 Å². The van der Waals surface area contributed by atoms with Gasteiger partial charge < -0.3 is 11.1 Å². The number of hydrogen-bond acceptors (Lipinski definition) is 2. The second-order valence-electron chi connectivity index (χ2n) is 2.91. The van der Waals surface area contributed by atoms with Gasteiger partial charge in [-0.25, -0.2) is 0 Å².